The molecule has 0 bridgehead atoms. The summed E-state index contributed by atoms with van der Waals surface area (Å²) in [5.41, 5.74) is 8.62. The van der Waals surface area contributed by atoms with E-state index in [0.717, 1.165) is 50.3 Å². The first-order chi connectivity index (χ1) is 68.2. The number of nitrogens with one attached hydrogen (secondary N) is 2. The van der Waals surface area contributed by atoms with Crippen molar-refractivity contribution in [3.8, 4) is 17.2 Å². The molecule has 0 saturated heterocycles. The molecule has 6 aromatic heterocycles. The number of rotatable bonds is 41. The van der Waals surface area contributed by atoms with Crippen LogP contribution in [0, 0.1) is 24.9 Å². The van der Waals surface area contributed by atoms with Gasteiger partial charge in [-0.2, -0.15) is 30.6 Å². The summed E-state index contributed by atoms with van der Waals surface area (Å²) >= 11 is 4.16. The zero-order valence-corrected chi connectivity index (χ0v) is 100. The van der Waals surface area contributed by atoms with E-state index in [0.29, 0.717) is 94.7 Å². The summed E-state index contributed by atoms with van der Waals surface area (Å²) in [6.45, 7) is 62.9. The second-order valence-electron chi connectivity index (χ2n) is 42.8. The number of hydrogen-bond donors (Lipinski definition) is 6. The summed E-state index contributed by atoms with van der Waals surface area (Å²) in [6.07, 6.45) is 3.92. The number of aliphatic hydroxyl groups excluding tert-OH is 1. The molecule has 6 heterocycles. The molecule has 148 heavy (non-hydrogen) atoms. The molecule has 9 aromatic rings. The van der Waals surface area contributed by atoms with Crippen molar-refractivity contribution in [3.05, 3.63) is 197 Å². The average Bonchev–Trinajstić information content (AvgIpc) is 1.64. The minimum atomic E-state index is -1.65. The molecule has 9 rings (SSSR count). The van der Waals surface area contributed by atoms with E-state index in [1.54, 1.807) is 127 Å². The number of nitrogens with two attached hydrogens (primary N) is 1. The van der Waals surface area contributed by atoms with E-state index in [4.69, 9.17) is 63.2 Å². The number of halogens is 5. The van der Waals surface area contributed by atoms with Crippen LogP contribution in [0.5, 0.6) is 17.2 Å². The predicted octanol–water partition coefficient (Wildman–Crippen LogP) is 19.3. The topological polar surface area (TPSA) is 471 Å². The summed E-state index contributed by atoms with van der Waals surface area (Å²) in [6, 6.07) is 27.0. The quantitative estimate of drug-likeness (QED) is 0.00394. The number of H-pyrrole nitrogens is 2. The van der Waals surface area contributed by atoms with Crippen molar-refractivity contribution in [2.45, 2.75) is 301 Å². The fourth-order valence-electron chi connectivity index (χ4n) is 12.0. The molecule has 0 saturated carbocycles. The number of ether oxygens (including phenoxy) is 11. The van der Waals surface area contributed by atoms with E-state index in [1.807, 2.05) is 20.8 Å². The number of aliphatic hydroxyl groups is 1. The van der Waals surface area contributed by atoms with Crippen molar-refractivity contribution >= 4 is 155 Å². The van der Waals surface area contributed by atoms with Crippen LogP contribution in [0.1, 0.15) is 229 Å². The highest BCUT2D eigenvalue weighted by molar-refractivity contribution is 14.1. The van der Waals surface area contributed by atoms with E-state index in [9.17, 15) is 61.4 Å². The molecule has 2 atom stereocenters. The normalized spacial score (nSPS) is 12.0. The molecule has 0 fully saturated rings. The molecule has 7 N–H and O–H groups in total. The molecule has 36 nitrogen and oxygen atoms in total. The number of methoxy groups -OCH3 is 3. The predicted molar refractivity (Wildman–Crippen MR) is 593 cm³/mol. The number of nitrogen functional groups attached to an aromatic ring is 1. The molecule has 0 aliphatic heterocycles. The van der Waals surface area contributed by atoms with Crippen LogP contribution < -0.4 is 25.4 Å². The Labute approximate surface area is 900 Å². The molecule has 0 aliphatic carbocycles. The van der Waals surface area contributed by atoms with Gasteiger partial charge in [0.25, 0.3) is 0 Å². The third-order valence-corrected chi connectivity index (χ3v) is 27.4. The Balaban J connectivity index is 0.000000601. The van der Waals surface area contributed by atoms with Gasteiger partial charge in [0.1, 0.15) is 87.3 Å². The van der Waals surface area contributed by atoms with Crippen LogP contribution in [-0.2, 0) is 90.6 Å². The molecule has 0 radical (unpaired) electrons. The second-order valence-corrected chi connectivity index (χ2v) is 67.6. The average molecular weight is 2370 g/mol. The number of carbonyl (C=O) groups is 9. The lowest BCUT2D eigenvalue weighted by Crippen LogP contribution is -2.29. The number of ketones is 5. The number of Topliss-reactive ketones (excluding diaryl/α,β-unsaturated/α-hetero) is 5. The van der Waals surface area contributed by atoms with E-state index in [2.05, 4.69) is 176 Å². The van der Waals surface area contributed by atoms with Gasteiger partial charge in [0, 0.05) is 136 Å². The van der Waals surface area contributed by atoms with Crippen molar-refractivity contribution in [1.82, 2.24) is 59.5 Å². The van der Waals surface area contributed by atoms with Crippen LogP contribution in [-0.4, -0.2) is 237 Å². The highest BCUT2D eigenvalue weighted by atomic mass is 127. The van der Waals surface area contributed by atoms with Crippen LogP contribution in [0.4, 0.5) is 19.0 Å². The van der Waals surface area contributed by atoms with Crippen molar-refractivity contribution in [3.63, 3.8) is 0 Å². The summed E-state index contributed by atoms with van der Waals surface area (Å²) in [5, 5.41) is 57.3. The van der Waals surface area contributed by atoms with Gasteiger partial charge in [-0.25, -0.2) is 41.5 Å². The lowest BCUT2D eigenvalue weighted by Gasteiger charge is -2.22. The third-order valence-electron chi connectivity index (χ3n) is 19.5. The first kappa shape index (κ1) is 134. The van der Waals surface area contributed by atoms with Gasteiger partial charge in [-0.3, -0.25) is 43.8 Å². The van der Waals surface area contributed by atoms with Gasteiger partial charge >= 0.3 is 31.0 Å². The fraction of sp³-hybridized carbons (Fsp3) is 0.520. The molecular formula is C102H155BF3I2N13O23Si4. The van der Waals surface area contributed by atoms with Gasteiger partial charge in [0.15, 0.2) is 63.6 Å². The van der Waals surface area contributed by atoms with Gasteiger partial charge in [0.05, 0.1) is 67.3 Å². The number of hydrogen-bond acceptors (Lipinski definition) is 30. The standard InChI is InChI=1S/C25H37FN2O5Si.C24H37FN2O5Si.C18H30N2O4Si.C11H19IN2O2Si.C7H8BFO3.C7H12O2.C5H5IN2O.C5H7N3O/c1-17(29)22-15-21(27-28(22)16-32-11-12-34(6,7)8)19(14-24(30)33-25(2,3)4)18-9-10-23(31-5)20(26)13-18;1-24(2,3)32-23(29)14-19(17-8-9-22(30-4)20(25)12-17)21-13-18(15-28)27(26-21)16-31-10-11-33(5,6)7;1-14(21)16-12-15(8-9-17(22)24-18(2,3)4)19-20(16)13-23-10-11-25(5,6)7;1-9(15)10-7-11(12)13-14(10)8-16-5-6-17(2,3)4;1-12-7-3-2-5(8(10)11)4-6(7)9;1-5-6(8)9-7(2,3)4;2*1-3(9)4-2-5(6)8-7-4/h9-10,13,15,19H,11-12,14,16H2,1-8H3;8-9,12-13,19,28H,10-11,14-16H2,1-7H3;8-9,12H,10-11,13H2,1-7H3;7H,5-6,8H2,1-4H3;2-4,10-11H,1H3;5H,1H2,2-4H3;2H,1H3,(H,7,8);2H,1H3,(H3,6,7,8)/b;;9-8+;;;;;. The molecule has 3 aromatic carbocycles. The fourth-order valence-corrected chi connectivity index (χ4v) is 16.0. The van der Waals surface area contributed by atoms with Crippen LogP contribution in [0.15, 0.2) is 110 Å². The lowest BCUT2D eigenvalue weighted by atomic mass is 9.80. The maximum atomic E-state index is 14.5. The first-order valence-electron chi connectivity index (χ1n) is 47.7. The van der Waals surface area contributed by atoms with Gasteiger partial charge in [-0.05, 0) is 230 Å². The Hall–Kier alpha value is -10.3. The number of aromatic amines is 2. The van der Waals surface area contributed by atoms with Crippen molar-refractivity contribution in [1.29, 1.82) is 0 Å². The number of esters is 4. The van der Waals surface area contributed by atoms with E-state index >= 15 is 0 Å². The Morgan fingerprint density at radius 3 is 1.15 bits per heavy atom. The SMILES string of the molecule is C=CC(=O)OC(C)(C)C.CC(=O)c1cc(/C=C/C(=O)OC(C)(C)C)nn1COCC[Si](C)(C)C.CC(=O)c1cc(I)[nH]n1.CC(=O)c1cc(I)nn1COCC[Si](C)(C)C.CC(=O)c1cc(N)n[nH]1.COc1ccc(B(O)O)cc1F.COc1ccc(C(CC(=O)OC(C)(C)C)c2cc(C(C)=O)n(COCC[Si](C)(C)C)n2)cc1F.COc1ccc(C(CC(=O)OC(C)(C)C)c2cc(CO)n(COCC[Si](C)(C)C)n2)cc1F. The van der Waals surface area contributed by atoms with Crippen molar-refractivity contribution < 1.29 is 124 Å². The molecular weight excluding hydrogens is 2210 g/mol. The molecule has 0 spiro atoms. The van der Waals surface area contributed by atoms with Gasteiger partial charge in [-0.15, -0.1) is 0 Å². The maximum Gasteiger partial charge on any atom is 0.488 e. The number of benzene rings is 3. The summed E-state index contributed by atoms with van der Waals surface area (Å²) in [4.78, 5) is 104. The minimum absolute atomic E-state index is 0.00540. The van der Waals surface area contributed by atoms with Crippen LogP contribution >= 0.6 is 45.2 Å². The summed E-state index contributed by atoms with van der Waals surface area (Å²) < 4.78 is 108. The monoisotopic (exact) mass is 2360 g/mol. The molecule has 2 unspecified atom stereocenters. The second kappa shape index (κ2) is 62.5. The zero-order chi connectivity index (χ0) is 113. The highest BCUT2D eigenvalue weighted by Crippen LogP contribution is 2.35. The van der Waals surface area contributed by atoms with Gasteiger partial charge in [0.2, 0.25) is 0 Å². The van der Waals surface area contributed by atoms with Crippen LogP contribution in [0.25, 0.3) is 6.08 Å². The molecule has 46 heteroatoms. The summed E-state index contributed by atoms with van der Waals surface area (Å²) in [5.74, 6) is -4.21. The smallest absolute Gasteiger partial charge is 0.488 e. The van der Waals surface area contributed by atoms with Crippen molar-refractivity contribution in [2.75, 3.05) is 53.5 Å². The largest absolute Gasteiger partial charge is 0.494 e. The van der Waals surface area contributed by atoms with Crippen LogP contribution in [0.3, 0.4) is 0 Å². The van der Waals surface area contributed by atoms with E-state index < -0.39 is 109 Å². The minimum Gasteiger partial charge on any atom is -0.494 e. The van der Waals surface area contributed by atoms with Gasteiger partial charge in [-0.1, -0.05) is 103 Å². The van der Waals surface area contributed by atoms with Crippen molar-refractivity contribution in [2.24, 2.45) is 0 Å². The summed E-state index contributed by atoms with van der Waals surface area (Å²) in [7, 11) is -2.21. The Bertz CT molecular complexity index is 5740. The van der Waals surface area contributed by atoms with E-state index in [1.165, 1.54) is 107 Å². The Morgan fingerprint density at radius 2 is 0.831 bits per heavy atom. The zero-order valence-electron chi connectivity index (χ0n) is 91.9. The van der Waals surface area contributed by atoms with Crippen LogP contribution in [0.2, 0.25) is 103 Å². The molecule has 0 amide bonds. The Kier molecular flexibility index (Phi) is 56.5. The third kappa shape index (κ3) is 56.0. The molecule has 0 aliphatic rings. The number of anilines is 1. The Morgan fingerprint density at radius 1 is 0.459 bits per heavy atom. The maximum absolute atomic E-state index is 14.5. The highest BCUT2D eigenvalue weighted by Gasteiger charge is 2.32. The lowest BCUT2D eigenvalue weighted by molar-refractivity contribution is -0.156. The molecule has 820 valence electrons. The van der Waals surface area contributed by atoms with Gasteiger partial charge < -0.3 is 73.0 Å². The number of carbonyl (C=O) groups excluding carboxylic acids is 9. The van der Waals surface area contributed by atoms with E-state index in [-0.39, 0.29) is 97.2 Å². The number of aromatic nitrogens is 12. The number of nitrogens with zero attached hydrogens (tertiary/aromatic N) is 10. The first-order valence-corrected chi connectivity index (χ1v) is 64.7.